The van der Waals surface area contributed by atoms with Crippen LogP contribution in [-0.2, 0) is 9.05 Å². The topological polar surface area (TPSA) is 38.7 Å². The second-order valence-corrected chi connectivity index (χ2v) is 5.71. The van der Waals surface area contributed by atoms with Gasteiger partial charge in [-0.15, -0.1) is 0 Å². The van der Waals surface area contributed by atoms with E-state index in [1.807, 2.05) is 13.8 Å². The molecule has 1 N–H and O–H groups in total. The van der Waals surface area contributed by atoms with Crippen LogP contribution in [-0.4, -0.2) is 18.1 Å². The molecule has 0 aliphatic heterocycles. The predicted molar refractivity (Wildman–Crippen MR) is 64.9 cm³/mol. The summed E-state index contributed by atoms with van der Waals surface area (Å²) in [6.45, 7) is 4.50. The van der Waals surface area contributed by atoms with E-state index in [1.165, 1.54) is 0 Å². The van der Waals surface area contributed by atoms with Crippen molar-refractivity contribution in [1.29, 1.82) is 0 Å². The van der Waals surface area contributed by atoms with E-state index in [9.17, 15) is 4.89 Å². The van der Waals surface area contributed by atoms with Crippen molar-refractivity contribution in [3.05, 3.63) is 29.3 Å². The summed E-state index contributed by atoms with van der Waals surface area (Å²) in [5.41, 5.74) is 0. The van der Waals surface area contributed by atoms with Crippen molar-refractivity contribution in [3.8, 4) is 0 Å². The number of hydrogen-bond donors (Lipinski definition) is 1. The Hall–Kier alpha value is -0.180. The molecule has 0 bridgehead atoms. The summed E-state index contributed by atoms with van der Waals surface area (Å²) in [6.07, 6.45) is 0. The van der Waals surface area contributed by atoms with Crippen molar-refractivity contribution in [2.75, 3.05) is 13.2 Å². The van der Waals surface area contributed by atoms with E-state index >= 15 is 0 Å². The van der Waals surface area contributed by atoms with Gasteiger partial charge in [-0.2, -0.15) is 0 Å². The molecule has 0 aliphatic carbocycles. The molecule has 0 amide bonds. The van der Waals surface area contributed by atoms with Crippen molar-refractivity contribution in [3.63, 3.8) is 0 Å². The molecule has 0 fully saturated rings. The third-order valence-electron chi connectivity index (χ3n) is 1.89. The second kappa shape index (κ2) is 5.78. The van der Waals surface area contributed by atoms with Gasteiger partial charge in [-0.25, -0.2) is 0 Å². The van der Waals surface area contributed by atoms with Crippen LogP contribution in [0.1, 0.15) is 13.8 Å². The van der Waals surface area contributed by atoms with Gasteiger partial charge in [0.05, 0.1) is 0 Å². The molecule has 0 aromatic heterocycles. The normalized spacial score (nSPS) is 12.8. The minimum atomic E-state index is -3.21. The summed E-state index contributed by atoms with van der Waals surface area (Å²) >= 11 is 5.77. The number of hydrogen-bond acceptors (Lipinski definition) is 3. The zero-order valence-electron chi connectivity index (χ0n) is 8.87. The molecule has 0 saturated heterocycles. The van der Waals surface area contributed by atoms with Crippen LogP contribution in [0, 0.1) is 0 Å². The van der Waals surface area contributed by atoms with Crippen LogP contribution < -0.4 is 5.30 Å². The molecule has 1 aromatic carbocycles. The summed E-state index contributed by atoms with van der Waals surface area (Å²) in [4.78, 5) is 10.2. The van der Waals surface area contributed by atoms with E-state index < -0.39 is 7.94 Å². The average molecular weight is 251 g/mol. The van der Waals surface area contributed by atoms with Gasteiger partial charge in [-0.3, -0.25) is 0 Å². The Bertz CT molecular complexity index is 296. The summed E-state index contributed by atoms with van der Waals surface area (Å²) in [7, 11) is -3.21. The van der Waals surface area contributed by atoms with Gasteiger partial charge in [0.25, 0.3) is 0 Å². The van der Waals surface area contributed by atoms with E-state index in [0.717, 1.165) is 0 Å². The van der Waals surface area contributed by atoms with Crippen LogP contribution in [0.25, 0.3) is 0 Å². The van der Waals surface area contributed by atoms with Crippen LogP contribution in [0.15, 0.2) is 24.3 Å². The monoisotopic (exact) mass is 250 g/mol. The first-order valence-electron chi connectivity index (χ1n) is 4.88. The van der Waals surface area contributed by atoms with Crippen LogP contribution in [0.2, 0.25) is 5.02 Å². The molecule has 0 saturated carbocycles. The Morgan fingerprint density at radius 1 is 1.13 bits per heavy atom. The molecule has 0 aliphatic rings. The Morgan fingerprint density at radius 2 is 1.60 bits per heavy atom. The zero-order chi connectivity index (χ0) is 11.3. The second-order valence-electron chi connectivity index (χ2n) is 2.95. The van der Waals surface area contributed by atoms with Gasteiger partial charge in [-0.05, 0) is 0 Å². The van der Waals surface area contributed by atoms with Gasteiger partial charge < -0.3 is 0 Å². The van der Waals surface area contributed by atoms with Crippen LogP contribution in [0.3, 0.4) is 0 Å². The van der Waals surface area contributed by atoms with Crippen LogP contribution in [0.5, 0.6) is 0 Å². The van der Waals surface area contributed by atoms with Gasteiger partial charge >= 0.3 is 95.1 Å². The van der Waals surface area contributed by atoms with Gasteiger partial charge in [0.1, 0.15) is 0 Å². The fraction of sp³-hybridized carbons (Fsp3) is 0.400. The molecule has 0 spiro atoms. The molecular formula is C10H16ClO3P. The standard InChI is InChI=1S/C10H16ClO3P/c1-3-13-15(12,14-4-2)10-7-5-9(11)6-8-10/h5-8,12,15H,3-4H2,1-2H3. The zero-order valence-corrected chi connectivity index (χ0v) is 10.6. The molecule has 86 valence electrons. The van der Waals surface area contributed by atoms with E-state index in [4.69, 9.17) is 20.6 Å². The first-order chi connectivity index (χ1) is 7.12. The molecule has 0 heterocycles. The molecule has 5 heteroatoms. The van der Waals surface area contributed by atoms with Gasteiger partial charge in [-0.1, -0.05) is 0 Å². The number of rotatable bonds is 5. The minimum absolute atomic E-state index is 0.422. The maximum atomic E-state index is 10.2. The summed E-state index contributed by atoms with van der Waals surface area (Å²) in [5.74, 6) is 0. The Labute approximate surface area is 95.6 Å². The van der Waals surface area contributed by atoms with Crippen molar-refractivity contribution >= 4 is 24.8 Å². The molecular weight excluding hydrogens is 235 g/mol. The number of benzene rings is 1. The summed E-state index contributed by atoms with van der Waals surface area (Å²) in [5, 5.41) is 1.30. The van der Waals surface area contributed by atoms with Gasteiger partial charge in [0.2, 0.25) is 0 Å². The van der Waals surface area contributed by atoms with E-state index in [-0.39, 0.29) is 0 Å². The van der Waals surface area contributed by atoms with E-state index in [0.29, 0.717) is 23.5 Å². The number of halogens is 1. The fourth-order valence-electron chi connectivity index (χ4n) is 1.26. The molecule has 3 nitrogen and oxygen atoms in total. The molecule has 15 heavy (non-hydrogen) atoms. The van der Waals surface area contributed by atoms with E-state index in [1.54, 1.807) is 24.3 Å². The summed E-state index contributed by atoms with van der Waals surface area (Å²) in [6, 6.07) is 6.90. The molecule has 1 aromatic rings. The SMILES string of the molecule is CCO[PH](O)(OCC)c1ccc(Cl)cc1. The Balaban J connectivity index is 2.92. The van der Waals surface area contributed by atoms with Crippen molar-refractivity contribution in [1.82, 2.24) is 0 Å². The van der Waals surface area contributed by atoms with Crippen LogP contribution in [0.4, 0.5) is 0 Å². The Morgan fingerprint density at radius 3 is 2.00 bits per heavy atom. The van der Waals surface area contributed by atoms with Crippen molar-refractivity contribution < 1.29 is 13.9 Å². The van der Waals surface area contributed by atoms with Crippen LogP contribution >= 0.6 is 19.5 Å². The third-order valence-corrected chi connectivity index (χ3v) is 4.56. The van der Waals surface area contributed by atoms with Crippen molar-refractivity contribution in [2.45, 2.75) is 13.8 Å². The first kappa shape index (κ1) is 12.9. The Kier molecular flexibility index (Phi) is 4.97. The van der Waals surface area contributed by atoms with Crippen molar-refractivity contribution in [2.24, 2.45) is 0 Å². The average Bonchev–Trinajstić information content (AvgIpc) is 2.19. The summed E-state index contributed by atoms with van der Waals surface area (Å²) < 4.78 is 10.6. The predicted octanol–water partition coefficient (Wildman–Crippen LogP) is 2.53. The molecule has 0 atom stereocenters. The molecule has 1 rings (SSSR count). The van der Waals surface area contributed by atoms with Gasteiger partial charge in [0, 0.05) is 0 Å². The van der Waals surface area contributed by atoms with Gasteiger partial charge in [0.15, 0.2) is 0 Å². The van der Waals surface area contributed by atoms with E-state index in [2.05, 4.69) is 0 Å². The fourth-order valence-corrected chi connectivity index (χ4v) is 3.17. The quantitative estimate of drug-likeness (QED) is 0.816. The molecule has 0 unspecified atom stereocenters. The first-order valence-corrected chi connectivity index (χ1v) is 7.03. The molecule has 0 radical (unpaired) electrons. The maximum absolute atomic E-state index is 10.2. The third kappa shape index (κ3) is 3.40.